The first-order valence-corrected chi connectivity index (χ1v) is 10.2. The van der Waals surface area contributed by atoms with E-state index in [0.717, 1.165) is 29.7 Å². The van der Waals surface area contributed by atoms with E-state index in [1.165, 1.54) is 62.7 Å². The Labute approximate surface area is 158 Å². The Hall–Kier alpha value is -0.740. The molecule has 0 amide bonds. The van der Waals surface area contributed by atoms with E-state index in [2.05, 4.69) is 18.4 Å². The summed E-state index contributed by atoms with van der Waals surface area (Å²) < 4.78 is 2.12. The van der Waals surface area contributed by atoms with Gasteiger partial charge < -0.3 is 0 Å². The molecule has 0 saturated carbocycles. The fraction of sp³-hybridized carbons (Fsp3) is 0.650. The van der Waals surface area contributed by atoms with Crippen molar-refractivity contribution in [1.82, 2.24) is 0 Å². The lowest BCUT2D eigenvalue weighted by Crippen LogP contribution is -2.29. The van der Waals surface area contributed by atoms with E-state index in [1.54, 1.807) is 6.08 Å². The highest BCUT2D eigenvalue weighted by Crippen LogP contribution is 2.29. The number of hydrogen-bond acceptors (Lipinski definition) is 3. The lowest BCUT2D eigenvalue weighted by atomic mass is 9.93. The molecular formula is C20H32NOS2+. The van der Waals surface area contributed by atoms with E-state index < -0.39 is 0 Å². The number of hydrogen-bond donors (Lipinski definition) is 1. The second kappa shape index (κ2) is 11.8. The van der Waals surface area contributed by atoms with Crippen LogP contribution >= 0.6 is 24.8 Å². The third-order valence-electron chi connectivity index (χ3n) is 4.62. The quantitative estimate of drug-likeness (QED) is 0.127. The molecule has 0 N–H and O–H groups in total. The lowest BCUT2D eigenvalue weighted by Gasteiger charge is -2.20. The van der Waals surface area contributed by atoms with E-state index in [0.29, 0.717) is 4.86 Å². The molecule has 0 unspecified atom stereocenters. The van der Waals surface area contributed by atoms with Crippen LogP contribution in [0.25, 0.3) is 0 Å². The Morgan fingerprint density at radius 2 is 1.58 bits per heavy atom. The second-order valence-electron chi connectivity index (χ2n) is 6.47. The minimum atomic E-state index is 0.704. The summed E-state index contributed by atoms with van der Waals surface area (Å²) >= 11 is 10.3. The first-order valence-electron chi connectivity index (χ1n) is 9.30. The largest absolute Gasteiger partial charge is 0.298 e. The molecule has 4 heteroatoms. The Morgan fingerprint density at radius 1 is 1.00 bits per heavy atom. The molecule has 0 radical (unpaired) electrons. The van der Waals surface area contributed by atoms with Gasteiger partial charge in [0, 0.05) is 16.9 Å². The van der Waals surface area contributed by atoms with Crippen LogP contribution in [0.1, 0.15) is 78.1 Å². The summed E-state index contributed by atoms with van der Waals surface area (Å²) in [6.45, 7) is 4.46. The summed E-state index contributed by atoms with van der Waals surface area (Å²) in [7, 11) is 2.03. The highest BCUT2D eigenvalue weighted by molar-refractivity contribution is 7.90. The van der Waals surface area contributed by atoms with Gasteiger partial charge in [0.2, 0.25) is 5.70 Å². The maximum absolute atomic E-state index is 11.0. The molecule has 1 rings (SSSR count). The Morgan fingerprint density at radius 3 is 2.12 bits per heavy atom. The van der Waals surface area contributed by atoms with Crippen LogP contribution in [-0.4, -0.2) is 28.5 Å². The van der Waals surface area contributed by atoms with Crippen LogP contribution in [0.2, 0.25) is 0 Å². The van der Waals surface area contributed by atoms with Gasteiger partial charge in [-0.15, -0.1) is 12.6 Å². The first kappa shape index (κ1) is 21.3. The number of carbonyl (C=O) groups is 1. The van der Waals surface area contributed by atoms with E-state index in [1.807, 2.05) is 7.05 Å². The number of rotatable bonds is 11. The van der Waals surface area contributed by atoms with Crippen molar-refractivity contribution in [3.8, 4) is 0 Å². The van der Waals surface area contributed by atoms with Crippen LogP contribution in [-0.2, 0) is 4.79 Å². The Balaban J connectivity index is 3.02. The van der Waals surface area contributed by atoms with Crippen LogP contribution < -0.4 is 0 Å². The van der Waals surface area contributed by atoms with Crippen molar-refractivity contribution in [2.45, 2.75) is 78.1 Å². The number of carbonyl (C=O) groups excluding carboxylic acids is 1. The molecule has 24 heavy (non-hydrogen) atoms. The lowest BCUT2D eigenvalue weighted by molar-refractivity contribution is -0.435. The number of allylic oxidation sites excluding steroid dienone is 3. The van der Waals surface area contributed by atoms with Crippen molar-refractivity contribution in [2.24, 2.45) is 0 Å². The molecule has 134 valence electrons. The third kappa shape index (κ3) is 5.96. The van der Waals surface area contributed by atoms with Crippen molar-refractivity contribution in [3.05, 3.63) is 22.3 Å². The summed E-state index contributed by atoms with van der Waals surface area (Å²) in [5.74, 6) is 0. The molecular weight excluding hydrogens is 334 g/mol. The second-order valence-corrected chi connectivity index (χ2v) is 7.33. The zero-order valence-corrected chi connectivity index (χ0v) is 17.1. The topological polar surface area (TPSA) is 20.1 Å². The summed E-state index contributed by atoms with van der Waals surface area (Å²) in [5.41, 5.74) is 3.41. The fourth-order valence-electron chi connectivity index (χ4n) is 3.18. The number of unbranched alkanes of at least 4 members (excludes halogenated alkanes) is 6. The normalized spacial score (nSPS) is 17.2. The smallest absolute Gasteiger partial charge is 0.227 e. The van der Waals surface area contributed by atoms with Gasteiger partial charge in [0.05, 0.1) is 6.08 Å². The minimum Gasteiger partial charge on any atom is -0.298 e. The van der Waals surface area contributed by atoms with Crippen molar-refractivity contribution in [3.63, 3.8) is 0 Å². The maximum atomic E-state index is 11.0. The molecule has 2 nitrogen and oxygen atoms in total. The van der Waals surface area contributed by atoms with Crippen LogP contribution in [0.5, 0.6) is 0 Å². The van der Waals surface area contributed by atoms with Gasteiger partial charge in [-0.1, -0.05) is 64.6 Å². The molecule has 0 aromatic carbocycles. The van der Waals surface area contributed by atoms with E-state index in [-0.39, 0.29) is 0 Å². The summed E-state index contributed by atoms with van der Waals surface area (Å²) in [6.07, 6.45) is 14.3. The molecule has 0 spiro atoms. The average molecular weight is 367 g/mol. The highest BCUT2D eigenvalue weighted by Gasteiger charge is 2.32. The van der Waals surface area contributed by atoms with Crippen molar-refractivity contribution in [2.75, 3.05) is 7.05 Å². The van der Waals surface area contributed by atoms with Crippen LogP contribution in [0.4, 0.5) is 0 Å². The fourth-order valence-corrected chi connectivity index (χ4v) is 3.86. The molecule has 1 aliphatic rings. The predicted octanol–water partition coefficient (Wildman–Crippen LogP) is 5.66. The molecule has 0 aliphatic carbocycles. The molecule has 0 saturated heterocycles. The summed E-state index contributed by atoms with van der Waals surface area (Å²) in [4.78, 5) is 12.6. The Bertz CT molecular complexity index is 544. The van der Waals surface area contributed by atoms with E-state index >= 15 is 0 Å². The van der Waals surface area contributed by atoms with Gasteiger partial charge in [0.25, 0.3) is 0 Å². The number of thiocarbonyl (C=S) groups is 1. The SMILES string of the molecule is CCCCCCC1=C(S)C(=S)/C(=C\C=O)[N+](C)=C1CCCCCC. The first-order chi connectivity index (χ1) is 11.6. The number of thiol groups is 1. The zero-order valence-electron chi connectivity index (χ0n) is 15.4. The molecule has 0 atom stereocenters. The third-order valence-corrected chi connectivity index (χ3v) is 5.68. The molecule has 1 aliphatic heterocycles. The number of nitrogens with zero attached hydrogens (tertiary/aromatic N) is 1. The monoisotopic (exact) mass is 366 g/mol. The van der Waals surface area contributed by atoms with E-state index in [9.17, 15) is 4.79 Å². The van der Waals surface area contributed by atoms with Gasteiger partial charge >= 0.3 is 0 Å². The predicted molar refractivity (Wildman–Crippen MR) is 111 cm³/mol. The van der Waals surface area contributed by atoms with Gasteiger partial charge in [-0.25, -0.2) is 0 Å². The molecule has 0 bridgehead atoms. The van der Waals surface area contributed by atoms with Crippen LogP contribution in [0.15, 0.2) is 22.3 Å². The molecule has 1 heterocycles. The molecule has 0 fully saturated rings. The van der Waals surface area contributed by atoms with Crippen molar-refractivity contribution < 1.29 is 9.37 Å². The maximum Gasteiger partial charge on any atom is 0.227 e. The van der Waals surface area contributed by atoms with Crippen molar-refractivity contribution >= 4 is 41.7 Å². The standard InChI is InChI=1S/C20H31NOS2/c1-4-6-8-10-12-16-17(13-11-9-7-5-2)21(3)18(14-15-22)20(24)19(16)23/h14-15H,4-13H2,1-3H3/p+1/b18-14+. The van der Waals surface area contributed by atoms with Crippen LogP contribution in [0, 0.1) is 0 Å². The van der Waals surface area contributed by atoms with Gasteiger partial charge in [-0.2, -0.15) is 4.58 Å². The molecule has 0 aromatic rings. The van der Waals surface area contributed by atoms with Crippen molar-refractivity contribution in [1.29, 1.82) is 0 Å². The summed E-state index contributed by atoms with van der Waals surface area (Å²) in [5, 5.41) is 0. The van der Waals surface area contributed by atoms with Gasteiger partial charge in [0.1, 0.15) is 18.2 Å². The molecule has 0 aromatic heterocycles. The van der Waals surface area contributed by atoms with Gasteiger partial charge in [-0.05, 0) is 19.3 Å². The minimum absolute atomic E-state index is 0.704. The number of aldehydes is 1. The van der Waals surface area contributed by atoms with Gasteiger partial charge in [0.15, 0.2) is 5.71 Å². The zero-order chi connectivity index (χ0) is 17.9. The van der Waals surface area contributed by atoms with E-state index in [4.69, 9.17) is 24.8 Å². The highest BCUT2D eigenvalue weighted by atomic mass is 32.1. The summed E-state index contributed by atoms with van der Waals surface area (Å²) in [6, 6.07) is 0. The van der Waals surface area contributed by atoms with Gasteiger partial charge in [-0.3, -0.25) is 4.79 Å². The Kier molecular flexibility index (Phi) is 10.4. The average Bonchev–Trinajstić information content (AvgIpc) is 2.58. The van der Waals surface area contributed by atoms with Crippen LogP contribution in [0.3, 0.4) is 0 Å².